The number of aliphatic carboxylic acids is 1. The zero-order valence-electron chi connectivity index (χ0n) is 4.65. The summed E-state index contributed by atoms with van der Waals surface area (Å²) >= 11 is 0. The van der Waals surface area contributed by atoms with Gasteiger partial charge >= 0.3 is 5.97 Å². The minimum atomic E-state index is -1.19. The number of carboxylic acid groups (broad SMARTS) is 2. The summed E-state index contributed by atoms with van der Waals surface area (Å²) in [5, 5.41) is 21.9. The first-order valence-corrected chi connectivity index (χ1v) is 1.59. The van der Waals surface area contributed by atoms with Crippen LogP contribution in [0.25, 0.3) is 0 Å². The second-order valence-electron chi connectivity index (χ2n) is 0.657. The monoisotopic (exact) mass is 186 g/mol. The van der Waals surface area contributed by atoms with Gasteiger partial charge < -0.3 is 15.3 Å². The van der Waals surface area contributed by atoms with Crippen molar-refractivity contribution in [3.8, 4) is 0 Å². The summed E-state index contributed by atoms with van der Waals surface area (Å²) < 4.78 is 0. The molecule has 0 aromatic heterocycles. The molecule has 6 heteroatoms. The summed E-state index contributed by atoms with van der Waals surface area (Å²) in [6.07, 6.45) is 0. The number of carbonyl (C=O) groups is 2. The van der Waals surface area contributed by atoms with Gasteiger partial charge in [0.05, 0.1) is 0 Å². The van der Waals surface area contributed by atoms with Crippen molar-refractivity contribution in [3.63, 3.8) is 0 Å². The molecule has 0 saturated heterocycles. The van der Waals surface area contributed by atoms with Crippen LogP contribution in [0.2, 0.25) is 0 Å². The topological polar surface area (TPSA) is 94.8 Å². The molecule has 50 valence electrons. The van der Waals surface area contributed by atoms with Gasteiger partial charge in [0.25, 0.3) is 6.47 Å². The van der Waals surface area contributed by atoms with E-state index < -0.39 is 12.6 Å². The molecule has 0 saturated carbocycles. The Morgan fingerprint density at radius 1 is 1.56 bits per heavy atom. The van der Waals surface area contributed by atoms with Crippen LogP contribution in [-0.2, 0) is 29.1 Å². The van der Waals surface area contributed by atoms with E-state index in [-0.39, 0.29) is 26.0 Å². The molecule has 0 fully saturated rings. The molecule has 0 radical (unpaired) electrons. The van der Waals surface area contributed by atoms with E-state index in [1.165, 1.54) is 0 Å². The summed E-state index contributed by atoms with van der Waals surface area (Å²) in [7, 11) is 0. The minimum Gasteiger partial charge on any atom is -0.483 e. The van der Waals surface area contributed by atoms with Gasteiger partial charge in [0, 0.05) is 19.5 Å². The largest absolute Gasteiger partial charge is 0.483 e. The van der Waals surface area contributed by atoms with Crippen molar-refractivity contribution in [1.82, 2.24) is 0 Å². The zero-order chi connectivity index (χ0) is 6.99. The van der Waals surface area contributed by atoms with Crippen LogP contribution in [-0.4, -0.2) is 34.4 Å². The molecule has 0 aliphatic carbocycles. The molecule has 0 amide bonds. The predicted octanol–water partition coefficient (Wildman–Crippen LogP) is -1.24. The van der Waals surface area contributed by atoms with E-state index in [0.717, 1.165) is 0 Å². The number of carboxylic acids is 1. The predicted molar refractivity (Wildman–Crippen MR) is 23.4 cm³/mol. The standard InChI is InChI=1S/C2H4O3.CH2O2.Zn/c3-1-2(4)5;2-1-3;/h3H,1H2,(H,4,5);1H,(H,2,3);. The van der Waals surface area contributed by atoms with E-state index in [4.69, 9.17) is 24.9 Å². The van der Waals surface area contributed by atoms with Crippen molar-refractivity contribution < 1.29 is 44.4 Å². The van der Waals surface area contributed by atoms with Gasteiger partial charge in [-0.2, -0.15) is 0 Å². The molecule has 0 unspecified atom stereocenters. The molecule has 0 rings (SSSR count). The summed E-state index contributed by atoms with van der Waals surface area (Å²) in [6, 6.07) is 0. The number of hydrogen-bond acceptors (Lipinski definition) is 3. The number of aliphatic hydroxyl groups excluding tert-OH is 1. The Bertz CT molecular complexity index is 72.6. The molecule has 0 aliphatic rings. The second kappa shape index (κ2) is 15.6. The van der Waals surface area contributed by atoms with Gasteiger partial charge in [-0.05, 0) is 0 Å². The third-order valence-corrected chi connectivity index (χ3v) is 0.135. The normalized spacial score (nSPS) is 5.44. The molecule has 9 heavy (non-hydrogen) atoms. The Balaban J connectivity index is -0.0000000800. The van der Waals surface area contributed by atoms with Gasteiger partial charge in [-0.25, -0.2) is 4.79 Å². The Morgan fingerprint density at radius 2 is 1.67 bits per heavy atom. The third kappa shape index (κ3) is 98.9. The molecule has 0 aromatic rings. The van der Waals surface area contributed by atoms with Gasteiger partial charge in [0.15, 0.2) is 0 Å². The Morgan fingerprint density at radius 3 is 1.67 bits per heavy atom. The van der Waals surface area contributed by atoms with E-state index in [1.807, 2.05) is 0 Å². The maximum atomic E-state index is 9.12. The fourth-order valence-corrected chi connectivity index (χ4v) is 0. The zero-order valence-corrected chi connectivity index (χ0v) is 7.62. The molecular weight excluding hydrogens is 181 g/mol. The summed E-state index contributed by atoms with van der Waals surface area (Å²) in [6.45, 7) is -1.03. The Labute approximate surface area is 64.1 Å². The first-order chi connectivity index (χ1) is 3.68. The molecule has 0 bridgehead atoms. The maximum absolute atomic E-state index is 9.12. The van der Waals surface area contributed by atoms with Crippen molar-refractivity contribution in [1.29, 1.82) is 0 Å². The van der Waals surface area contributed by atoms with Crippen molar-refractivity contribution in [2.75, 3.05) is 6.61 Å². The van der Waals surface area contributed by atoms with Gasteiger partial charge in [-0.3, -0.25) is 4.79 Å². The van der Waals surface area contributed by atoms with E-state index in [1.54, 1.807) is 0 Å². The van der Waals surface area contributed by atoms with Crippen LogP contribution in [0.3, 0.4) is 0 Å². The third-order valence-electron chi connectivity index (χ3n) is 0.135. The molecule has 3 N–H and O–H groups in total. The Hall–Kier alpha value is -0.477. The fraction of sp³-hybridized carbons (Fsp3) is 0.333. The minimum absolute atomic E-state index is 0. The van der Waals surface area contributed by atoms with E-state index >= 15 is 0 Å². The molecule has 5 nitrogen and oxygen atoms in total. The summed E-state index contributed by atoms with van der Waals surface area (Å²) in [5.74, 6) is -1.19. The van der Waals surface area contributed by atoms with Crippen LogP contribution in [0.1, 0.15) is 0 Å². The van der Waals surface area contributed by atoms with Crippen LogP contribution in [0.4, 0.5) is 0 Å². The molecule has 0 heterocycles. The van der Waals surface area contributed by atoms with Crippen LogP contribution < -0.4 is 0 Å². The van der Waals surface area contributed by atoms with Crippen LogP contribution >= 0.6 is 0 Å². The van der Waals surface area contributed by atoms with Crippen LogP contribution in [0, 0.1) is 0 Å². The smallest absolute Gasteiger partial charge is 0.329 e. The van der Waals surface area contributed by atoms with Crippen molar-refractivity contribution in [3.05, 3.63) is 0 Å². The molecular formula is C3H6O5Zn. The van der Waals surface area contributed by atoms with Gasteiger partial charge in [0.2, 0.25) is 0 Å². The molecule has 0 aliphatic heterocycles. The van der Waals surface area contributed by atoms with Gasteiger partial charge in [-0.1, -0.05) is 0 Å². The van der Waals surface area contributed by atoms with Gasteiger partial charge in [-0.15, -0.1) is 0 Å². The molecule has 0 aromatic carbocycles. The molecule has 0 atom stereocenters. The van der Waals surface area contributed by atoms with Crippen molar-refractivity contribution in [2.24, 2.45) is 0 Å². The van der Waals surface area contributed by atoms with Gasteiger partial charge in [0.1, 0.15) is 6.61 Å². The maximum Gasteiger partial charge on any atom is 0.329 e. The van der Waals surface area contributed by atoms with E-state index in [2.05, 4.69) is 0 Å². The quantitative estimate of drug-likeness (QED) is 0.353. The Kier molecular flexibility index (Phi) is 27.5. The summed E-state index contributed by atoms with van der Waals surface area (Å²) in [5.41, 5.74) is 0. The average molecular weight is 187 g/mol. The van der Waals surface area contributed by atoms with E-state index in [9.17, 15) is 0 Å². The molecule has 0 spiro atoms. The SMILES string of the molecule is O=C(O)CO.O=CO.[Zn]. The number of aliphatic hydroxyl groups is 1. The average Bonchev–Trinajstić information content (AvgIpc) is 1.69. The van der Waals surface area contributed by atoms with Crippen molar-refractivity contribution in [2.45, 2.75) is 0 Å². The first-order valence-electron chi connectivity index (χ1n) is 1.59. The van der Waals surface area contributed by atoms with E-state index in [0.29, 0.717) is 0 Å². The summed E-state index contributed by atoms with van der Waals surface area (Å²) in [4.78, 5) is 17.5. The van der Waals surface area contributed by atoms with Crippen LogP contribution in [0.5, 0.6) is 0 Å². The number of hydrogen-bond donors (Lipinski definition) is 3. The van der Waals surface area contributed by atoms with Crippen molar-refractivity contribution >= 4 is 12.4 Å². The van der Waals surface area contributed by atoms with Crippen LogP contribution in [0.15, 0.2) is 0 Å². The number of rotatable bonds is 1. The first kappa shape index (κ1) is 15.8. The second-order valence-corrected chi connectivity index (χ2v) is 0.657. The fourth-order valence-electron chi connectivity index (χ4n) is 0.